The molecule has 3 N–H and O–H groups in total. The van der Waals surface area contributed by atoms with Crippen LogP contribution in [-0.2, 0) is 9.53 Å². The molecule has 0 unspecified atom stereocenters. The fourth-order valence-electron chi connectivity index (χ4n) is 2.43. The molecule has 0 saturated heterocycles. The topological polar surface area (TPSA) is 88.0 Å². The zero-order valence-electron chi connectivity index (χ0n) is 15.0. The lowest BCUT2D eigenvalue weighted by molar-refractivity contribution is -0.136. The summed E-state index contributed by atoms with van der Waals surface area (Å²) in [6.45, 7) is 3.54. The highest BCUT2D eigenvalue weighted by atomic mass is 79.9. The molecule has 2 aromatic carbocycles. The van der Waals surface area contributed by atoms with Crippen LogP contribution in [0.5, 0.6) is 17.2 Å². The Morgan fingerprint density at radius 1 is 1.19 bits per heavy atom. The zero-order chi connectivity index (χ0) is 20.1. The minimum absolute atomic E-state index is 0.0971. The largest absolute Gasteiger partial charge is 0.507 e. The fraction of sp³-hybridized carbons (Fsp3) is 0.211. The molecule has 144 valence electrons. The number of allylic oxidation sites excluding steroid dienone is 1. The summed E-state index contributed by atoms with van der Waals surface area (Å²) >= 11 is 6.40. The number of esters is 1. The van der Waals surface area contributed by atoms with E-state index >= 15 is 0 Å². The molecular weight excluding hydrogens is 482 g/mol. The lowest BCUT2D eigenvalue weighted by Gasteiger charge is -2.17. The molecule has 0 radical (unpaired) electrons. The van der Waals surface area contributed by atoms with Gasteiger partial charge in [0, 0.05) is 11.4 Å². The second-order valence-corrected chi connectivity index (χ2v) is 7.14. The first-order valence-electron chi connectivity index (χ1n) is 7.99. The van der Waals surface area contributed by atoms with Crippen molar-refractivity contribution in [2.24, 2.45) is 0 Å². The van der Waals surface area contributed by atoms with Gasteiger partial charge in [-0.25, -0.2) is 4.79 Å². The van der Waals surface area contributed by atoms with Crippen molar-refractivity contribution in [3.63, 3.8) is 0 Å². The van der Waals surface area contributed by atoms with Crippen molar-refractivity contribution in [3.05, 3.63) is 50.5 Å². The average Bonchev–Trinajstić information content (AvgIpc) is 2.64. The van der Waals surface area contributed by atoms with Crippen LogP contribution in [0, 0.1) is 0 Å². The number of phenols is 2. The first-order chi connectivity index (χ1) is 12.8. The molecular formula is C19H19Br2NO5. The molecule has 0 atom stereocenters. The predicted octanol–water partition coefficient (Wildman–Crippen LogP) is 5.04. The van der Waals surface area contributed by atoms with Gasteiger partial charge >= 0.3 is 5.97 Å². The summed E-state index contributed by atoms with van der Waals surface area (Å²) < 4.78 is 10.7. The average molecular weight is 501 g/mol. The quantitative estimate of drug-likeness (QED) is 0.292. The molecule has 0 saturated carbocycles. The minimum atomic E-state index is -0.631. The third-order valence-corrected chi connectivity index (χ3v) is 5.08. The second-order valence-electron chi connectivity index (χ2n) is 5.49. The fourth-order valence-corrected chi connectivity index (χ4v) is 3.73. The number of carbonyl (C=O) groups is 1. The van der Waals surface area contributed by atoms with E-state index < -0.39 is 5.97 Å². The minimum Gasteiger partial charge on any atom is -0.507 e. The van der Waals surface area contributed by atoms with Gasteiger partial charge in [0.1, 0.15) is 17.2 Å². The van der Waals surface area contributed by atoms with Crippen LogP contribution >= 0.6 is 31.9 Å². The summed E-state index contributed by atoms with van der Waals surface area (Å²) in [5.74, 6) is -0.257. The van der Waals surface area contributed by atoms with E-state index in [1.54, 1.807) is 45.2 Å². The normalized spacial score (nSPS) is 11.6. The molecule has 0 heterocycles. The lowest BCUT2D eigenvalue weighted by atomic mass is 10.0. The van der Waals surface area contributed by atoms with Crippen LogP contribution in [-0.4, -0.2) is 29.9 Å². The van der Waals surface area contributed by atoms with Gasteiger partial charge < -0.3 is 25.0 Å². The molecule has 0 spiro atoms. The SMILES string of the molecule is CCOC(=O)/C(=C(\C)Nc1ccc(OC)cc1)c1c(O)cc(Br)c(O)c1Br. The standard InChI is InChI=1S/C19H19Br2NO5/c1-4-27-19(25)15(16-14(23)9-13(20)18(24)17(16)21)10(2)22-11-5-7-12(26-3)8-6-11/h5-9,22-24H,4H2,1-3H3/b15-10+. The van der Waals surface area contributed by atoms with Crippen LogP contribution in [0.1, 0.15) is 19.4 Å². The molecule has 0 aliphatic carbocycles. The van der Waals surface area contributed by atoms with Gasteiger partial charge in [0.25, 0.3) is 0 Å². The summed E-state index contributed by atoms with van der Waals surface area (Å²) in [6, 6.07) is 8.45. The summed E-state index contributed by atoms with van der Waals surface area (Å²) in [5, 5.41) is 23.7. The van der Waals surface area contributed by atoms with Gasteiger partial charge in [-0.2, -0.15) is 0 Å². The highest BCUT2D eigenvalue weighted by Gasteiger charge is 2.26. The van der Waals surface area contributed by atoms with Crippen LogP contribution in [0.2, 0.25) is 0 Å². The van der Waals surface area contributed by atoms with Crippen molar-refractivity contribution in [2.75, 3.05) is 19.0 Å². The smallest absolute Gasteiger partial charge is 0.340 e. The number of anilines is 1. The van der Waals surface area contributed by atoms with Crippen LogP contribution in [0.4, 0.5) is 5.69 Å². The Hall–Kier alpha value is -2.19. The van der Waals surface area contributed by atoms with E-state index in [1.807, 2.05) is 0 Å². The number of aromatic hydroxyl groups is 2. The van der Waals surface area contributed by atoms with Crippen LogP contribution < -0.4 is 10.1 Å². The molecule has 0 bridgehead atoms. The van der Waals surface area contributed by atoms with E-state index in [4.69, 9.17) is 9.47 Å². The molecule has 27 heavy (non-hydrogen) atoms. The van der Waals surface area contributed by atoms with Gasteiger partial charge in [-0.05, 0) is 76.0 Å². The Morgan fingerprint density at radius 2 is 1.81 bits per heavy atom. The summed E-state index contributed by atoms with van der Waals surface area (Å²) in [5.41, 5.74) is 1.39. The molecule has 0 fully saturated rings. The maximum atomic E-state index is 12.6. The molecule has 0 aliphatic rings. The third kappa shape index (κ3) is 4.75. The van der Waals surface area contributed by atoms with Crippen LogP contribution in [0.25, 0.3) is 5.57 Å². The molecule has 0 aromatic heterocycles. The van der Waals surface area contributed by atoms with E-state index in [2.05, 4.69) is 37.2 Å². The molecule has 6 nitrogen and oxygen atoms in total. The number of halogens is 2. The highest BCUT2D eigenvalue weighted by Crippen LogP contribution is 2.44. The van der Waals surface area contributed by atoms with E-state index in [1.165, 1.54) is 6.07 Å². The first kappa shape index (κ1) is 21.1. The van der Waals surface area contributed by atoms with Gasteiger partial charge in [-0.3, -0.25) is 0 Å². The van der Waals surface area contributed by atoms with Crippen molar-refractivity contribution >= 4 is 49.1 Å². The second kappa shape index (κ2) is 9.14. The van der Waals surface area contributed by atoms with Crippen molar-refractivity contribution < 1.29 is 24.5 Å². The van der Waals surface area contributed by atoms with Crippen molar-refractivity contribution in [1.29, 1.82) is 0 Å². The number of ether oxygens (including phenoxy) is 2. The molecule has 8 heteroatoms. The van der Waals surface area contributed by atoms with Crippen molar-refractivity contribution in [3.8, 4) is 17.2 Å². The predicted molar refractivity (Wildman–Crippen MR) is 111 cm³/mol. The van der Waals surface area contributed by atoms with E-state index in [9.17, 15) is 15.0 Å². The highest BCUT2D eigenvalue weighted by molar-refractivity contribution is 9.11. The Balaban J connectivity index is 2.58. The van der Waals surface area contributed by atoms with Crippen molar-refractivity contribution in [2.45, 2.75) is 13.8 Å². The Bertz CT molecular complexity index is 879. The van der Waals surface area contributed by atoms with Crippen LogP contribution in [0.3, 0.4) is 0 Å². The number of benzene rings is 2. The van der Waals surface area contributed by atoms with Gasteiger partial charge in [0.2, 0.25) is 0 Å². The van der Waals surface area contributed by atoms with E-state index in [0.29, 0.717) is 21.6 Å². The number of carbonyl (C=O) groups excluding carboxylic acids is 1. The summed E-state index contributed by atoms with van der Waals surface area (Å²) in [6.07, 6.45) is 0. The number of rotatable bonds is 6. The van der Waals surface area contributed by atoms with E-state index in [0.717, 1.165) is 0 Å². The first-order valence-corrected chi connectivity index (χ1v) is 9.58. The monoisotopic (exact) mass is 499 g/mol. The molecule has 2 aromatic rings. The number of hydrogen-bond acceptors (Lipinski definition) is 6. The lowest BCUT2D eigenvalue weighted by Crippen LogP contribution is -2.13. The van der Waals surface area contributed by atoms with Gasteiger partial charge in [0.05, 0.1) is 33.8 Å². The van der Waals surface area contributed by atoms with Gasteiger partial charge in [-0.1, -0.05) is 0 Å². The third-order valence-electron chi connectivity index (χ3n) is 3.70. The zero-order valence-corrected chi connectivity index (χ0v) is 18.1. The van der Waals surface area contributed by atoms with Crippen molar-refractivity contribution in [1.82, 2.24) is 0 Å². The molecule has 2 rings (SSSR count). The Labute approximate surface area is 174 Å². The Kier molecular flexibility index (Phi) is 7.15. The maximum Gasteiger partial charge on any atom is 0.340 e. The molecule has 0 aliphatic heterocycles. The molecule has 0 amide bonds. The maximum absolute atomic E-state index is 12.6. The number of hydrogen-bond donors (Lipinski definition) is 3. The van der Waals surface area contributed by atoms with Gasteiger partial charge in [-0.15, -0.1) is 0 Å². The van der Waals surface area contributed by atoms with Gasteiger partial charge in [0.15, 0.2) is 0 Å². The summed E-state index contributed by atoms with van der Waals surface area (Å²) in [7, 11) is 1.58. The summed E-state index contributed by atoms with van der Waals surface area (Å²) in [4.78, 5) is 12.6. The Morgan fingerprint density at radius 3 is 2.37 bits per heavy atom. The number of nitrogens with one attached hydrogen (secondary N) is 1. The van der Waals surface area contributed by atoms with Crippen LogP contribution in [0.15, 0.2) is 45.0 Å². The number of phenolic OH excluding ortho intramolecular Hbond substituents is 2. The number of methoxy groups -OCH3 is 1. The van der Waals surface area contributed by atoms with E-state index in [-0.39, 0.29) is 33.7 Å².